The largest absolute Gasteiger partial charge is 0.369 e. The summed E-state index contributed by atoms with van der Waals surface area (Å²) in [6.07, 6.45) is 7.18. The lowest BCUT2D eigenvalue weighted by atomic mass is 9.96. The maximum atomic E-state index is 11.9. The smallest absolute Gasteiger partial charge is 0.315 e. The number of fused-ring (bicyclic) bond motifs is 1. The molecule has 3 rings (SSSR count). The van der Waals surface area contributed by atoms with Crippen LogP contribution in [0.4, 0.5) is 10.5 Å². The first-order valence-corrected chi connectivity index (χ1v) is 8.20. The van der Waals surface area contributed by atoms with E-state index in [0.29, 0.717) is 12.6 Å². The maximum absolute atomic E-state index is 11.9. The summed E-state index contributed by atoms with van der Waals surface area (Å²) in [5, 5.41) is 6.09. The van der Waals surface area contributed by atoms with Crippen LogP contribution in [0.1, 0.15) is 37.7 Å². The van der Waals surface area contributed by atoms with E-state index in [2.05, 4.69) is 39.8 Å². The van der Waals surface area contributed by atoms with Gasteiger partial charge in [0.2, 0.25) is 0 Å². The summed E-state index contributed by atoms with van der Waals surface area (Å²) < 4.78 is 0. The normalized spacial score (nSPS) is 18.4. The van der Waals surface area contributed by atoms with E-state index < -0.39 is 0 Å². The lowest BCUT2D eigenvalue weighted by Gasteiger charge is -2.24. The third-order valence-electron chi connectivity index (χ3n) is 4.59. The molecule has 21 heavy (non-hydrogen) atoms. The Kier molecular flexibility index (Phi) is 4.63. The number of urea groups is 1. The van der Waals surface area contributed by atoms with Gasteiger partial charge in [-0.15, -0.1) is 0 Å². The molecule has 1 aromatic rings. The summed E-state index contributed by atoms with van der Waals surface area (Å²) in [6.45, 7) is 2.65. The molecule has 2 N–H and O–H groups in total. The van der Waals surface area contributed by atoms with E-state index >= 15 is 0 Å². The van der Waals surface area contributed by atoms with E-state index in [1.165, 1.54) is 30.5 Å². The second-order valence-electron chi connectivity index (χ2n) is 6.10. The molecule has 0 spiro atoms. The van der Waals surface area contributed by atoms with Crippen LogP contribution in [0, 0.1) is 0 Å². The van der Waals surface area contributed by atoms with Gasteiger partial charge in [-0.05, 0) is 30.9 Å². The minimum absolute atomic E-state index is 0.00520. The van der Waals surface area contributed by atoms with Gasteiger partial charge in [0.05, 0.1) is 0 Å². The number of hydrogen-bond acceptors (Lipinski definition) is 2. The van der Waals surface area contributed by atoms with Gasteiger partial charge in [-0.1, -0.05) is 37.5 Å². The van der Waals surface area contributed by atoms with Crippen LogP contribution >= 0.6 is 0 Å². The zero-order chi connectivity index (χ0) is 14.5. The van der Waals surface area contributed by atoms with Crippen LogP contribution in [0.15, 0.2) is 24.3 Å². The minimum Gasteiger partial charge on any atom is -0.369 e. The number of nitrogens with one attached hydrogen (secondary N) is 2. The number of nitrogens with zero attached hydrogens (tertiary/aromatic N) is 1. The van der Waals surface area contributed by atoms with Crippen molar-refractivity contribution in [2.24, 2.45) is 0 Å². The van der Waals surface area contributed by atoms with E-state index in [4.69, 9.17) is 0 Å². The van der Waals surface area contributed by atoms with Crippen molar-refractivity contribution in [3.63, 3.8) is 0 Å². The predicted molar refractivity (Wildman–Crippen MR) is 85.8 cm³/mol. The Labute approximate surface area is 126 Å². The standard InChI is InChI=1S/C17H25N3O/c21-17(19-15-7-2-1-3-8-15)18-11-13-20-12-10-14-6-4-5-9-16(14)20/h4-6,9,15H,1-3,7-8,10-13H2,(H2,18,19,21). The monoisotopic (exact) mass is 287 g/mol. The van der Waals surface area contributed by atoms with Crippen molar-refractivity contribution in [3.8, 4) is 0 Å². The Balaban J connectivity index is 1.39. The molecule has 1 fully saturated rings. The molecule has 1 aliphatic heterocycles. The van der Waals surface area contributed by atoms with Crippen LogP contribution < -0.4 is 15.5 Å². The average molecular weight is 287 g/mol. The first-order valence-electron chi connectivity index (χ1n) is 8.20. The van der Waals surface area contributed by atoms with E-state index in [9.17, 15) is 4.79 Å². The van der Waals surface area contributed by atoms with E-state index in [1.807, 2.05) is 0 Å². The number of carbonyl (C=O) groups is 1. The van der Waals surface area contributed by atoms with Crippen LogP contribution in [-0.2, 0) is 6.42 Å². The fourth-order valence-electron chi connectivity index (χ4n) is 3.43. The molecule has 0 aromatic heterocycles. The third kappa shape index (κ3) is 3.69. The second-order valence-corrected chi connectivity index (χ2v) is 6.10. The first-order chi connectivity index (χ1) is 10.3. The quantitative estimate of drug-likeness (QED) is 0.894. The van der Waals surface area contributed by atoms with Gasteiger partial charge >= 0.3 is 6.03 Å². The number of rotatable bonds is 4. The maximum Gasteiger partial charge on any atom is 0.315 e. The summed E-state index contributed by atoms with van der Waals surface area (Å²) >= 11 is 0. The molecule has 0 bridgehead atoms. The van der Waals surface area contributed by atoms with Crippen LogP contribution in [0.25, 0.3) is 0 Å². The highest BCUT2D eigenvalue weighted by molar-refractivity contribution is 5.74. The Morgan fingerprint density at radius 1 is 1.19 bits per heavy atom. The van der Waals surface area contributed by atoms with Gasteiger partial charge in [0, 0.05) is 31.4 Å². The molecule has 0 radical (unpaired) electrons. The van der Waals surface area contributed by atoms with Gasteiger partial charge in [0.15, 0.2) is 0 Å². The van der Waals surface area contributed by atoms with Crippen LogP contribution in [0.5, 0.6) is 0 Å². The molecule has 0 unspecified atom stereocenters. The minimum atomic E-state index is -0.00520. The van der Waals surface area contributed by atoms with E-state index in [0.717, 1.165) is 32.4 Å². The van der Waals surface area contributed by atoms with Gasteiger partial charge < -0.3 is 15.5 Å². The molecule has 1 saturated carbocycles. The lowest BCUT2D eigenvalue weighted by Crippen LogP contribution is -2.45. The van der Waals surface area contributed by atoms with E-state index in [-0.39, 0.29) is 6.03 Å². The number of carbonyl (C=O) groups excluding carboxylic acids is 1. The molecule has 4 nitrogen and oxygen atoms in total. The van der Waals surface area contributed by atoms with Crippen molar-refractivity contribution in [1.29, 1.82) is 0 Å². The highest BCUT2D eigenvalue weighted by atomic mass is 16.2. The molecule has 2 aliphatic rings. The van der Waals surface area contributed by atoms with Gasteiger partial charge in [0.1, 0.15) is 0 Å². The van der Waals surface area contributed by atoms with Gasteiger partial charge in [-0.25, -0.2) is 4.79 Å². The van der Waals surface area contributed by atoms with Crippen molar-refractivity contribution in [2.45, 2.75) is 44.6 Å². The van der Waals surface area contributed by atoms with Crippen molar-refractivity contribution in [1.82, 2.24) is 10.6 Å². The number of hydrogen-bond donors (Lipinski definition) is 2. The zero-order valence-electron chi connectivity index (χ0n) is 12.6. The first kappa shape index (κ1) is 14.2. The van der Waals surface area contributed by atoms with Gasteiger partial charge in [-0.2, -0.15) is 0 Å². The number of benzene rings is 1. The van der Waals surface area contributed by atoms with Crippen LogP contribution in [-0.4, -0.2) is 31.7 Å². The molecule has 114 valence electrons. The molecule has 4 heteroatoms. The molecule has 1 aliphatic carbocycles. The molecular weight excluding hydrogens is 262 g/mol. The Bertz CT molecular complexity index is 483. The molecule has 0 atom stereocenters. The molecule has 1 aromatic carbocycles. The fourth-order valence-corrected chi connectivity index (χ4v) is 3.43. The van der Waals surface area contributed by atoms with Crippen molar-refractivity contribution >= 4 is 11.7 Å². The summed E-state index contributed by atoms with van der Waals surface area (Å²) in [5.41, 5.74) is 2.75. The van der Waals surface area contributed by atoms with Crippen LogP contribution in [0.3, 0.4) is 0 Å². The van der Waals surface area contributed by atoms with Crippen molar-refractivity contribution in [2.75, 3.05) is 24.5 Å². The van der Waals surface area contributed by atoms with Crippen molar-refractivity contribution in [3.05, 3.63) is 29.8 Å². The lowest BCUT2D eigenvalue weighted by molar-refractivity contribution is 0.233. The average Bonchev–Trinajstić information content (AvgIpc) is 2.92. The number of amides is 2. The Morgan fingerprint density at radius 3 is 2.86 bits per heavy atom. The van der Waals surface area contributed by atoms with E-state index in [1.54, 1.807) is 0 Å². The molecule has 2 amide bonds. The fraction of sp³-hybridized carbons (Fsp3) is 0.588. The topological polar surface area (TPSA) is 44.4 Å². The summed E-state index contributed by atoms with van der Waals surface area (Å²) in [4.78, 5) is 14.2. The Morgan fingerprint density at radius 2 is 2.00 bits per heavy atom. The van der Waals surface area contributed by atoms with Gasteiger partial charge in [-0.3, -0.25) is 0 Å². The third-order valence-corrected chi connectivity index (χ3v) is 4.59. The predicted octanol–water partition coefficient (Wildman–Crippen LogP) is 2.68. The number of para-hydroxylation sites is 1. The molecular formula is C17H25N3O. The summed E-state index contributed by atoms with van der Waals surface area (Å²) in [5.74, 6) is 0. The summed E-state index contributed by atoms with van der Waals surface area (Å²) in [6, 6.07) is 8.92. The molecule has 0 saturated heterocycles. The SMILES string of the molecule is O=C(NCCN1CCc2ccccc21)NC1CCCCC1. The van der Waals surface area contributed by atoms with Gasteiger partial charge in [0.25, 0.3) is 0 Å². The summed E-state index contributed by atoms with van der Waals surface area (Å²) in [7, 11) is 0. The number of anilines is 1. The zero-order valence-corrected chi connectivity index (χ0v) is 12.6. The highest BCUT2D eigenvalue weighted by Crippen LogP contribution is 2.26. The van der Waals surface area contributed by atoms with Crippen LogP contribution in [0.2, 0.25) is 0 Å². The molecule has 1 heterocycles. The van der Waals surface area contributed by atoms with Crippen molar-refractivity contribution < 1.29 is 4.79 Å². The highest BCUT2D eigenvalue weighted by Gasteiger charge is 2.18. The second kappa shape index (κ2) is 6.83. The Hall–Kier alpha value is -1.71.